The van der Waals surface area contributed by atoms with E-state index in [0.29, 0.717) is 0 Å². The molecule has 0 aromatic rings. The Balaban J connectivity index is 2.43. The zero-order valence-electron chi connectivity index (χ0n) is 5.12. The predicted octanol–water partition coefficient (Wildman–Crippen LogP) is -1.24. The van der Waals surface area contributed by atoms with Gasteiger partial charge in [-0.05, 0) is 6.92 Å². The average molecular weight is 132 g/mol. The number of hydrogen-bond acceptors (Lipinski definition) is 3. The highest BCUT2D eigenvalue weighted by atomic mass is 17.2. The summed E-state index contributed by atoms with van der Waals surface area (Å²) in [6.07, 6.45) is -0.284. The summed E-state index contributed by atoms with van der Waals surface area (Å²) in [4.78, 5) is 10.4. The van der Waals surface area contributed by atoms with Crippen LogP contribution in [0.4, 0.5) is 0 Å². The summed E-state index contributed by atoms with van der Waals surface area (Å²) >= 11 is 0. The van der Waals surface area contributed by atoms with E-state index in [1.807, 2.05) is 0 Å². The number of ether oxygens (including phenoxy) is 1. The number of esters is 1. The van der Waals surface area contributed by atoms with Crippen LogP contribution in [0, 0.1) is 0 Å². The van der Waals surface area contributed by atoms with Crippen molar-refractivity contribution in [3.05, 3.63) is 0 Å². The van der Waals surface area contributed by atoms with Crippen molar-refractivity contribution in [2.75, 3.05) is 13.2 Å². The van der Waals surface area contributed by atoms with Gasteiger partial charge >= 0.3 is 5.97 Å². The molecule has 4 heteroatoms. The Morgan fingerprint density at radius 2 is 2.56 bits per heavy atom. The average Bonchev–Trinajstić information content (AvgIpc) is 1.59. The highest BCUT2D eigenvalue weighted by Crippen LogP contribution is 2.03. The molecule has 9 heavy (non-hydrogen) atoms. The second-order valence-corrected chi connectivity index (χ2v) is 2.05. The topological polar surface area (TPSA) is 52.1 Å². The molecule has 1 atom stereocenters. The Kier molecular flexibility index (Phi) is 1.68. The van der Waals surface area contributed by atoms with Gasteiger partial charge in [0.2, 0.25) is 0 Å². The number of rotatable bonds is 0. The van der Waals surface area contributed by atoms with Crippen LogP contribution in [-0.2, 0) is 14.0 Å². The first kappa shape index (κ1) is 6.51. The van der Waals surface area contributed by atoms with Crippen LogP contribution < -0.4 is 5.26 Å². The van der Waals surface area contributed by atoms with Crippen LogP contribution in [0.15, 0.2) is 0 Å². The molecular formula is C5H8O4. The van der Waals surface area contributed by atoms with Gasteiger partial charge in [-0.2, -0.15) is 0 Å². The zero-order chi connectivity index (χ0) is 6.85. The summed E-state index contributed by atoms with van der Waals surface area (Å²) in [6, 6.07) is 0. The Labute approximate surface area is 52.6 Å². The third-order valence-corrected chi connectivity index (χ3v) is 1.03. The van der Waals surface area contributed by atoms with Crippen LogP contribution in [0.25, 0.3) is 0 Å². The molecule has 0 saturated carbocycles. The van der Waals surface area contributed by atoms with E-state index in [0.717, 1.165) is 0 Å². The van der Waals surface area contributed by atoms with E-state index in [1.54, 1.807) is 6.92 Å². The fourth-order valence-corrected chi connectivity index (χ4v) is 0.745. The molecule has 1 saturated heterocycles. The molecule has 0 aliphatic carbocycles. The fourth-order valence-electron chi connectivity index (χ4n) is 0.745. The summed E-state index contributed by atoms with van der Waals surface area (Å²) < 4.78 is 6.08. The number of cyclic esters (lactones) is 1. The van der Waals surface area contributed by atoms with E-state index in [1.165, 1.54) is 4.52 Å². The smallest absolute Gasteiger partial charge is 0.384 e. The van der Waals surface area contributed by atoms with Crippen LogP contribution in [0.1, 0.15) is 6.92 Å². The second kappa shape index (κ2) is 2.33. The van der Waals surface area contributed by atoms with Crippen molar-refractivity contribution in [1.29, 1.82) is 0 Å². The standard InChI is InChI=1S/C5H8O4/c1-4-2-9(7)3-5(6)8-4/h4H,2-3H2,1H3. The Bertz CT molecular complexity index is 110. The molecule has 1 aliphatic rings. The maximum atomic E-state index is 10.4. The zero-order valence-corrected chi connectivity index (χ0v) is 5.12. The molecule has 0 radical (unpaired) electrons. The second-order valence-electron chi connectivity index (χ2n) is 2.05. The van der Waals surface area contributed by atoms with Crippen molar-refractivity contribution in [3.63, 3.8) is 0 Å². The minimum atomic E-state index is -0.464. The van der Waals surface area contributed by atoms with Crippen LogP contribution in [0.3, 0.4) is 0 Å². The van der Waals surface area contributed by atoms with Crippen molar-refractivity contribution in [2.24, 2.45) is 0 Å². The summed E-state index contributed by atoms with van der Waals surface area (Å²) in [6.45, 7) is 1.69. The Hall–Kier alpha value is -0.610. The third-order valence-electron chi connectivity index (χ3n) is 1.03. The van der Waals surface area contributed by atoms with Crippen LogP contribution in [-0.4, -0.2) is 25.3 Å². The van der Waals surface area contributed by atoms with Gasteiger partial charge in [0.15, 0.2) is 12.7 Å². The lowest BCUT2D eigenvalue weighted by molar-refractivity contribution is -0.795. The van der Waals surface area contributed by atoms with Crippen LogP contribution in [0.2, 0.25) is 0 Å². The van der Waals surface area contributed by atoms with Gasteiger partial charge < -0.3 is 14.5 Å². The maximum absolute atomic E-state index is 10.4. The van der Waals surface area contributed by atoms with E-state index < -0.39 is 5.97 Å². The van der Waals surface area contributed by atoms with E-state index in [4.69, 9.17) is 0 Å². The normalized spacial score (nSPS) is 30.0. The van der Waals surface area contributed by atoms with Crippen molar-refractivity contribution in [2.45, 2.75) is 13.0 Å². The molecule has 1 aliphatic heterocycles. The van der Waals surface area contributed by atoms with E-state index >= 15 is 0 Å². The first-order valence-corrected chi connectivity index (χ1v) is 2.73. The summed E-state index contributed by atoms with van der Waals surface area (Å²) in [7, 11) is 0. The van der Waals surface area contributed by atoms with Gasteiger partial charge in [-0.15, -0.1) is 0 Å². The molecule has 1 unspecified atom stereocenters. The van der Waals surface area contributed by atoms with Crippen LogP contribution >= 0.6 is 0 Å². The molecule has 0 N–H and O–H groups in total. The van der Waals surface area contributed by atoms with Crippen molar-refractivity contribution in [3.8, 4) is 0 Å². The van der Waals surface area contributed by atoms with Gasteiger partial charge in [0.25, 0.3) is 6.61 Å². The van der Waals surface area contributed by atoms with Crippen molar-refractivity contribution < 1.29 is 19.3 Å². The molecule has 0 amide bonds. The molecule has 52 valence electrons. The lowest BCUT2D eigenvalue weighted by atomic mass is 10.4. The van der Waals surface area contributed by atoms with Crippen molar-refractivity contribution in [1.82, 2.24) is 0 Å². The highest BCUT2D eigenvalue weighted by molar-refractivity contribution is 5.71. The molecule has 0 spiro atoms. The Morgan fingerprint density at radius 3 is 3.00 bits per heavy atom. The first-order valence-electron chi connectivity index (χ1n) is 2.73. The SMILES string of the molecule is CC1C[O+]([O-])CC(=O)O1. The predicted molar refractivity (Wildman–Crippen MR) is 26.4 cm³/mol. The number of hydrogen-bond donors (Lipinski definition) is 0. The van der Waals surface area contributed by atoms with Gasteiger partial charge in [-0.1, -0.05) is 0 Å². The Morgan fingerprint density at radius 1 is 1.89 bits per heavy atom. The number of carbonyl (C=O) groups is 1. The summed E-state index contributed by atoms with van der Waals surface area (Å²) in [5, 5.41) is 10.4. The van der Waals surface area contributed by atoms with Gasteiger partial charge in [0.05, 0.1) is 0 Å². The van der Waals surface area contributed by atoms with E-state index in [-0.39, 0.29) is 19.3 Å². The molecule has 0 aromatic carbocycles. The molecule has 0 bridgehead atoms. The molecule has 4 nitrogen and oxygen atoms in total. The molecule has 1 heterocycles. The van der Waals surface area contributed by atoms with Gasteiger partial charge in [0, 0.05) is 0 Å². The molecule has 1 rings (SSSR count). The lowest BCUT2D eigenvalue weighted by Gasteiger charge is -2.27. The fraction of sp³-hybridized carbons (Fsp3) is 0.800. The quantitative estimate of drug-likeness (QED) is 0.235. The van der Waals surface area contributed by atoms with Gasteiger partial charge in [-0.3, -0.25) is 0 Å². The highest BCUT2D eigenvalue weighted by Gasteiger charge is 2.23. The van der Waals surface area contributed by atoms with Gasteiger partial charge in [-0.25, -0.2) is 4.79 Å². The monoisotopic (exact) mass is 132 g/mol. The largest absolute Gasteiger partial charge is 0.534 e. The maximum Gasteiger partial charge on any atom is 0.384 e. The summed E-state index contributed by atoms with van der Waals surface area (Å²) in [5.74, 6) is -0.464. The minimum absolute atomic E-state index is 0.204. The summed E-state index contributed by atoms with van der Waals surface area (Å²) in [5.41, 5.74) is 0. The van der Waals surface area contributed by atoms with E-state index in [2.05, 4.69) is 4.74 Å². The number of carbonyl (C=O) groups excluding carboxylic acids is 1. The molecule has 1 fully saturated rings. The van der Waals surface area contributed by atoms with Crippen molar-refractivity contribution >= 4 is 5.97 Å². The third kappa shape index (κ3) is 1.65. The lowest BCUT2D eigenvalue weighted by Crippen LogP contribution is -2.44. The minimum Gasteiger partial charge on any atom is -0.534 e. The first-order chi connectivity index (χ1) is 4.18. The molecular weight excluding hydrogens is 124 g/mol. The van der Waals surface area contributed by atoms with Crippen LogP contribution in [0.5, 0.6) is 0 Å². The van der Waals surface area contributed by atoms with Gasteiger partial charge in [0.1, 0.15) is 0 Å². The molecule has 0 aromatic heterocycles. The van der Waals surface area contributed by atoms with E-state index in [9.17, 15) is 10.1 Å².